The number of carbonyl (C=O) groups is 2. The number of aromatic amines is 1. The quantitative estimate of drug-likeness (QED) is 0.846. The maximum atomic E-state index is 14.0. The lowest BCUT2D eigenvalue weighted by Gasteiger charge is -2.11. The van der Waals surface area contributed by atoms with Crippen LogP contribution in [0.3, 0.4) is 0 Å². The van der Waals surface area contributed by atoms with Gasteiger partial charge in [-0.25, -0.2) is 9.18 Å². The number of hydrogen-bond donors (Lipinski definition) is 2. The molecule has 120 valence electrons. The number of anilines is 1. The van der Waals surface area contributed by atoms with Gasteiger partial charge in [-0.3, -0.25) is 9.59 Å². The summed E-state index contributed by atoms with van der Waals surface area (Å²) in [7, 11) is 0. The Morgan fingerprint density at radius 1 is 1.30 bits per heavy atom. The standard InChI is InChI=1S/C16H15FN2O4/c1-3-23-16(22)11-8-13(12(17)6-9(11)2)19-15(21)10-4-5-18-14(20)7-10/h4-8H,3H2,1-2H3,(H,18,20)(H,19,21). The summed E-state index contributed by atoms with van der Waals surface area (Å²) in [5, 5.41) is 2.34. The number of carbonyl (C=O) groups excluding carboxylic acids is 2. The molecule has 1 aromatic heterocycles. The average Bonchev–Trinajstić information content (AvgIpc) is 2.50. The van der Waals surface area contributed by atoms with Crippen LogP contribution >= 0.6 is 0 Å². The molecule has 1 amide bonds. The maximum Gasteiger partial charge on any atom is 0.338 e. The monoisotopic (exact) mass is 318 g/mol. The second-order valence-corrected chi connectivity index (χ2v) is 4.76. The normalized spacial score (nSPS) is 10.2. The third-order valence-corrected chi connectivity index (χ3v) is 3.09. The maximum absolute atomic E-state index is 14.0. The van der Waals surface area contributed by atoms with Crippen LogP contribution in [0.15, 0.2) is 35.3 Å². The molecular weight excluding hydrogens is 303 g/mol. The number of rotatable bonds is 4. The number of aromatic nitrogens is 1. The van der Waals surface area contributed by atoms with Crippen molar-refractivity contribution < 1.29 is 18.7 Å². The van der Waals surface area contributed by atoms with Crippen molar-refractivity contribution in [2.45, 2.75) is 13.8 Å². The van der Waals surface area contributed by atoms with Crippen LogP contribution in [0, 0.1) is 12.7 Å². The van der Waals surface area contributed by atoms with E-state index in [1.807, 2.05) is 0 Å². The Bertz CT molecular complexity index is 814. The molecule has 2 N–H and O–H groups in total. The van der Waals surface area contributed by atoms with Gasteiger partial charge in [0.25, 0.3) is 5.91 Å². The number of nitrogens with one attached hydrogen (secondary N) is 2. The number of ether oxygens (including phenoxy) is 1. The van der Waals surface area contributed by atoms with E-state index in [0.29, 0.717) is 5.56 Å². The Hall–Kier alpha value is -2.96. The minimum atomic E-state index is -0.686. The van der Waals surface area contributed by atoms with Crippen LogP contribution < -0.4 is 10.9 Å². The fourth-order valence-corrected chi connectivity index (χ4v) is 1.98. The molecule has 2 rings (SSSR count). The molecule has 0 aliphatic rings. The van der Waals surface area contributed by atoms with Gasteiger partial charge in [0.1, 0.15) is 5.82 Å². The van der Waals surface area contributed by atoms with Crippen molar-refractivity contribution in [3.63, 3.8) is 0 Å². The van der Waals surface area contributed by atoms with Crippen molar-refractivity contribution in [3.05, 3.63) is 63.3 Å². The van der Waals surface area contributed by atoms with Crippen LogP contribution in [0.2, 0.25) is 0 Å². The van der Waals surface area contributed by atoms with Crippen molar-refractivity contribution in [3.8, 4) is 0 Å². The number of halogens is 1. The summed E-state index contributed by atoms with van der Waals surface area (Å²) in [4.78, 5) is 37.5. The van der Waals surface area contributed by atoms with Crippen LogP contribution in [-0.2, 0) is 4.74 Å². The van der Waals surface area contributed by atoms with E-state index in [9.17, 15) is 18.8 Å². The van der Waals surface area contributed by atoms with Gasteiger partial charge < -0.3 is 15.0 Å². The summed E-state index contributed by atoms with van der Waals surface area (Å²) in [6.07, 6.45) is 1.31. The van der Waals surface area contributed by atoms with Crippen LogP contribution in [0.4, 0.5) is 10.1 Å². The Morgan fingerprint density at radius 3 is 2.70 bits per heavy atom. The van der Waals surface area contributed by atoms with Gasteiger partial charge in [-0.05, 0) is 37.6 Å². The molecule has 1 heterocycles. The number of hydrogen-bond acceptors (Lipinski definition) is 4. The smallest absolute Gasteiger partial charge is 0.338 e. The molecule has 0 fully saturated rings. The van der Waals surface area contributed by atoms with E-state index < -0.39 is 23.3 Å². The van der Waals surface area contributed by atoms with Gasteiger partial charge in [0.2, 0.25) is 5.56 Å². The van der Waals surface area contributed by atoms with E-state index in [4.69, 9.17) is 4.74 Å². The first-order valence-electron chi connectivity index (χ1n) is 6.89. The summed E-state index contributed by atoms with van der Waals surface area (Å²) in [5.74, 6) is -1.95. The summed E-state index contributed by atoms with van der Waals surface area (Å²) >= 11 is 0. The molecule has 6 nitrogen and oxygen atoms in total. The first kappa shape index (κ1) is 16.4. The summed E-state index contributed by atoms with van der Waals surface area (Å²) in [5.41, 5.74) is 0.0224. The molecule has 0 unspecified atom stereocenters. The van der Waals surface area contributed by atoms with Crippen molar-refractivity contribution in [2.24, 2.45) is 0 Å². The summed E-state index contributed by atoms with van der Waals surface area (Å²) in [6.45, 7) is 3.41. The molecule has 0 spiro atoms. The first-order valence-corrected chi connectivity index (χ1v) is 6.89. The van der Waals surface area contributed by atoms with Crippen LogP contribution in [0.5, 0.6) is 0 Å². The zero-order chi connectivity index (χ0) is 17.0. The number of esters is 1. The number of pyridine rings is 1. The van der Waals surface area contributed by atoms with E-state index in [-0.39, 0.29) is 23.4 Å². The number of benzene rings is 1. The van der Waals surface area contributed by atoms with Gasteiger partial charge in [0.05, 0.1) is 17.9 Å². The predicted molar refractivity (Wildman–Crippen MR) is 82.1 cm³/mol. The highest BCUT2D eigenvalue weighted by Gasteiger charge is 2.16. The summed E-state index contributed by atoms with van der Waals surface area (Å²) in [6, 6.07) is 4.83. The van der Waals surface area contributed by atoms with E-state index in [2.05, 4.69) is 10.3 Å². The van der Waals surface area contributed by atoms with Gasteiger partial charge in [-0.1, -0.05) is 0 Å². The van der Waals surface area contributed by atoms with Crippen molar-refractivity contribution in [2.75, 3.05) is 11.9 Å². The third-order valence-electron chi connectivity index (χ3n) is 3.09. The molecule has 0 radical (unpaired) electrons. The summed E-state index contributed by atoms with van der Waals surface area (Å²) < 4.78 is 18.9. The Morgan fingerprint density at radius 2 is 2.04 bits per heavy atom. The molecule has 0 saturated carbocycles. The molecule has 0 aliphatic heterocycles. The van der Waals surface area contributed by atoms with E-state index in [1.165, 1.54) is 18.3 Å². The van der Waals surface area contributed by atoms with Gasteiger partial charge in [-0.15, -0.1) is 0 Å². The molecule has 7 heteroatoms. The molecule has 0 bridgehead atoms. The molecule has 1 aromatic carbocycles. The molecule has 0 saturated heterocycles. The average molecular weight is 318 g/mol. The molecular formula is C16H15FN2O4. The number of amides is 1. The lowest BCUT2D eigenvalue weighted by Crippen LogP contribution is -2.17. The lowest BCUT2D eigenvalue weighted by molar-refractivity contribution is 0.0525. The molecule has 0 aliphatic carbocycles. The molecule has 23 heavy (non-hydrogen) atoms. The van der Waals surface area contributed by atoms with Crippen molar-refractivity contribution in [1.29, 1.82) is 0 Å². The highest BCUT2D eigenvalue weighted by Crippen LogP contribution is 2.21. The minimum Gasteiger partial charge on any atom is -0.462 e. The van der Waals surface area contributed by atoms with Gasteiger partial charge in [-0.2, -0.15) is 0 Å². The van der Waals surface area contributed by atoms with Gasteiger partial charge in [0, 0.05) is 17.8 Å². The lowest BCUT2D eigenvalue weighted by atomic mass is 10.1. The first-order chi connectivity index (χ1) is 10.9. The van der Waals surface area contributed by atoms with Crippen LogP contribution in [-0.4, -0.2) is 23.5 Å². The van der Waals surface area contributed by atoms with E-state index in [1.54, 1.807) is 13.8 Å². The molecule has 0 atom stereocenters. The van der Waals surface area contributed by atoms with E-state index >= 15 is 0 Å². The largest absolute Gasteiger partial charge is 0.462 e. The highest BCUT2D eigenvalue weighted by molar-refractivity contribution is 6.05. The fourth-order valence-electron chi connectivity index (χ4n) is 1.98. The van der Waals surface area contributed by atoms with E-state index in [0.717, 1.165) is 12.1 Å². The topological polar surface area (TPSA) is 88.3 Å². The van der Waals surface area contributed by atoms with Gasteiger partial charge in [0.15, 0.2) is 0 Å². The zero-order valence-corrected chi connectivity index (χ0v) is 12.6. The Balaban J connectivity index is 2.32. The number of H-pyrrole nitrogens is 1. The molecule has 2 aromatic rings. The van der Waals surface area contributed by atoms with Crippen molar-refractivity contribution in [1.82, 2.24) is 4.98 Å². The minimum absolute atomic E-state index is 0.0754. The van der Waals surface area contributed by atoms with Crippen molar-refractivity contribution >= 4 is 17.6 Å². The zero-order valence-electron chi connectivity index (χ0n) is 12.6. The predicted octanol–water partition coefficient (Wildman–Crippen LogP) is 2.25. The Labute approximate surface area is 131 Å². The van der Waals surface area contributed by atoms with Crippen LogP contribution in [0.25, 0.3) is 0 Å². The number of aryl methyl sites for hydroxylation is 1. The Kier molecular flexibility index (Phi) is 4.90. The van der Waals surface area contributed by atoms with Crippen LogP contribution in [0.1, 0.15) is 33.2 Å². The second kappa shape index (κ2) is 6.87. The SMILES string of the molecule is CCOC(=O)c1cc(NC(=O)c2cc[nH]c(=O)c2)c(F)cc1C. The third kappa shape index (κ3) is 3.82. The van der Waals surface area contributed by atoms with Gasteiger partial charge >= 0.3 is 5.97 Å². The fraction of sp³-hybridized carbons (Fsp3) is 0.188. The highest BCUT2D eigenvalue weighted by atomic mass is 19.1. The second-order valence-electron chi connectivity index (χ2n) is 4.76.